The van der Waals surface area contributed by atoms with Gasteiger partial charge in [0.05, 0.1) is 4.91 Å². The Balaban J connectivity index is 2.24. The molecule has 0 radical (unpaired) electrons. The molecule has 0 aromatic heterocycles. The van der Waals surface area contributed by atoms with Gasteiger partial charge in [0.2, 0.25) is 5.91 Å². The Hall–Kier alpha value is -0.810. The van der Waals surface area contributed by atoms with Crippen LogP contribution in [0.2, 0.25) is 0 Å². The van der Waals surface area contributed by atoms with E-state index in [1.807, 2.05) is 0 Å². The summed E-state index contributed by atoms with van der Waals surface area (Å²) >= 11 is 0. The van der Waals surface area contributed by atoms with Crippen LogP contribution in [0.4, 0.5) is 0 Å². The van der Waals surface area contributed by atoms with Gasteiger partial charge >= 0.3 is 0 Å². The molecule has 1 fully saturated rings. The van der Waals surface area contributed by atoms with Crippen LogP contribution in [0.15, 0.2) is 22.6 Å². The zero-order valence-corrected chi connectivity index (χ0v) is 11.1. The summed E-state index contributed by atoms with van der Waals surface area (Å²) in [6.07, 6.45) is 4.86. The van der Waals surface area contributed by atoms with E-state index < -0.39 is 9.05 Å². The maximum absolute atomic E-state index is 11.3. The van der Waals surface area contributed by atoms with Crippen LogP contribution in [-0.2, 0) is 13.8 Å². The molecule has 4 nitrogen and oxygen atoms in total. The highest BCUT2D eigenvalue weighted by Gasteiger charge is 2.28. The van der Waals surface area contributed by atoms with Crippen LogP contribution in [0, 0.1) is 5.92 Å². The summed E-state index contributed by atoms with van der Waals surface area (Å²) in [6.45, 7) is 2.79. The molecular weight excluding hydrogens is 262 g/mol. The second-order valence-electron chi connectivity index (χ2n) is 4.43. The summed E-state index contributed by atoms with van der Waals surface area (Å²) in [4.78, 5) is 13.2. The minimum Gasteiger partial charge on any atom is -0.339 e. The van der Waals surface area contributed by atoms with E-state index in [1.165, 1.54) is 6.92 Å². The summed E-state index contributed by atoms with van der Waals surface area (Å²) in [5, 5.41) is 0. The number of rotatable bonds is 1. The predicted molar refractivity (Wildman–Crippen MR) is 65.9 cm³/mol. The van der Waals surface area contributed by atoms with Gasteiger partial charge in [-0.1, -0.05) is 6.08 Å². The molecular formula is C11H14ClNO3S. The number of amides is 1. The number of allylic oxidation sites excluding steroid dienone is 2. The molecule has 1 aliphatic heterocycles. The van der Waals surface area contributed by atoms with Crippen molar-refractivity contribution in [2.75, 3.05) is 13.1 Å². The largest absolute Gasteiger partial charge is 0.339 e. The lowest BCUT2D eigenvalue weighted by atomic mass is 9.85. The Morgan fingerprint density at radius 2 is 2.24 bits per heavy atom. The molecule has 1 amide bonds. The van der Waals surface area contributed by atoms with Crippen LogP contribution in [0.3, 0.4) is 0 Å². The fraction of sp³-hybridized carbons (Fsp3) is 0.545. The van der Waals surface area contributed by atoms with Crippen molar-refractivity contribution in [3.05, 3.63) is 22.6 Å². The minimum atomic E-state index is -3.66. The lowest BCUT2D eigenvalue weighted by Gasteiger charge is -2.35. The first kappa shape index (κ1) is 12.6. The maximum Gasteiger partial charge on any atom is 0.260 e. The average Bonchev–Trinajstić information content (AvgIpc) is 2.26. The second-order valence-corrected chi connectivity index (χ2v) is 6.99. The van der Waals surface area contributed by atoms with Gasteiger partial charge in [-0.05, 0) is 30.4 Å². The van der Waals surface area contributed by atoms with E-state index in [1.54, 1.807) is 17.1 Å². The molecule has 2 rings (SSSR count). The zero-order chi connectivity index (χ0) is 12.6. The summed E-state index contributed by atoms with van der Waals surface area (Å²) < 4.78 is 22.5. The monoisotopic (exact) mass is 275 g/mol. The van der Waals surface area contributed by atoms with Gasteiger partial charge in [0, 0.05) is 30.7 Å². The summed E-state index contributed by atoms with van der Waals surface area (Å²) in [6, 6.07) is 0. The van der Waals surface area contributed by atoms with Crippen LogP contribution < -0.4 is 0 Å². The van der Waals surface area contributed by atoms with Crippen LogP contribution in [-0.4, -0.2) is 32.3 Å². The first-order valence-corrected chi connectivity index (χ1v) is 7.79. The fourth-order valence-electron chi connectivity index (χ4n) is 2.30. The predicted octanol–water partition coefficient (Wildman–Crippen LogP) is 1.64. The topological polar surface area (TPSA) is 54.5 Å². The summed E-state index contributed by atoms with van der Waals surface area (Å²) in [5.74, 6) is 0.377. The first-order chi connectivity index (χ1) is 7.88. The molecule has 1 atom stereocenters. The highest BCUT2D eigenvalue weighted by atomic mass is 35.7. The van der Waals surface area contributed by atoms with Crippen molar-refractivity contribution in [3.8, 4) is 0 Å². The molecule has 1 unspecified atom stereocenters. The first-order valence-electron chi connectivity index (χ1n) is 5.48. The van der Waals surface area contributed by atoms with Crippen molar-refractivity contribution in [2.45, 2.75) is 19.8 Å². The van der Waals surface area contributed by atoms with E-state index in [2.05, 4.69) is 0 Å². The van der Waals surface area contributed by atoms with Crippen molar-refractivity contribution >= 4 is 25.6 Å². The van der Waals surface area contributed by atoms with Crippen molar-refractivity contribution < 1.29 is 13.2 Å². The number of hydrogen-bond donors (Lipinski definition) is 0. The van der Waals surface area contributed by atoms with Crippen LogP contribution in [0.1, 0.15) is 19.8 Å². The van der Waals surface area contributed by atoms with Gasteiger partial charge in [-0.2, -0.15) is 0 Å². The Morgan fingerprint density at radius 3 is 2.82 bits per heavy atom. The fourth-order valence-corrected chi connectivity index (χ4v) is 3.21. The van der Waals surface area contributed by atoms with Gasteiger partial charge in [-0.25, -0.2) is 8.42 Å². The van der Waals surface area contributed by atoms with E-state index in [-0.39, 0.29) is 10.8 Å². The third-order valence-electron chi connectivity index (χ3n) is 3.30. The van der Waals surface area contributed by atoms with Crippen molar-refractivity contribution in [1.82, 2.24) is 4.90 Å². The van der Waals surface area contributed by atoms with E-state index in [9.17, 15) is 13.2 Å². The van der Waals surface area contributed by atoms with Crippen molar-refractivity contribution in [3.63, 3.8) is 0 Å². The zero-order valence-electron chi connectivity index (χ0n) is 9.52. The molecule has 1 aliphatic carbocycles. The van der Waals surface area contributed by atoms with E-state index in [4.69, 9.17) is 10.7 Å². The molecule has 6 heteroatoms. The SMILES string of the molecule is CC(=O)N1CCC2CC=C(S(=O)(=O)Cl)C=C2C1. The Labute approximate surface area is 105 Å². The normalized spacial score (nSPS) is 24.8. The van der Waals surface area contributed by atoms with Gasteiger partial charge in [0.25, 0.3) is 9.05 Å². The number of hydrogen-bond acceptors (Lipinski definition) is 3. The number of halogens is 1. The van der Waals surface area contributed by atoms with Gasteiger partial charge in [-0.15, -0.1) is 0 Å². The molecule has 1 saturated heterocycles. The molecule has 2 aliphatic rings. The van der Waals surface area contributed by atoms with Crippen LogP contribution in [0.5, 0.6) is 0 Å². The third-order valence-corrected chi connectivity index (χ3v) is 4.69. The average molecular weight is 276 g/mol. The number of nitrogens with zero attached hydrogens (tertiary/aromatic N) is 1. The number of fused-ring (bicyclic) bond motifs is 1. The van der Waals surface area contributed by atoms with Crippen LogP contribution >= 0.6 is 10.7 Å². The Kier molecular flexibility index (Phi) is 3.32. The van der Waals surface area contributed by atoms with Crippen molar-refractivity contribution in [1.29, 1.82) is 0 Å². The Morgan fingerprint density at radius 1 is 1.53 bits per heavy atom. The maximum atomic E-state index is 11.3. The Bertz CT molecular complexity index is 507. The van der Waals surface area contributed by atoms with Gasteiger partial charge < -0.3 is 4.90 Å². The molecule has 0 saturated carbocycles. The molecule has 17 heavy (non-hydrogen) atoms. The van der Waals surface area contributed by atoms with Gasteiger partial charge in [-0.3, -0.25) is 4.79 Å². The highest BCUT2D eigenvalue weighted by Crippen LogP contribution is 2.33. The molecule has 0 bridgehead atoms. The lowest BCUT2D eigenvalue weighted by Crippen LogP contribution is -2.39. The number of carbonyl (C=O) groups is 1. The number of piperidine rings is 1. The van der Waals surface area contributed by atoms with Gasteiger partial charge in [0.15, 0.2) is 0 Å². The molecule has 0 spiro atoms. The standard InChI is InChI=1S/C11H14ClNO3S/c1-8(14)13-5-4-9-2-3-11(17(12,15)16)6-10(9)7-13/h3,6,9H,2,4-5,7H2,1H3. The van der Waals surface area contributed by atoms with E-state index in [0.717, 1.165) is 18.5 Å². The molecule has 0 N–H and O–H groups in total. The van der Waals surface area contributed by atoms with E-state index >= 15 is 0 Å². The molecule has 0 aromatic carbocycles. The quantitative estimate of drug-likeness (QED) is 0.684. The van der Waals surface area contributed by atoms with Gasteiger partial charge in [0.1, 0.15) is 0 Å². The molecule has 94 valence electrons. The smallest absolute Gasteiger partial charge is 0.260 e. The number of carbonyl (C=O) groups excluding carboxylic acids is 1. The van der Waals surface area contributed by atoms with Crippen LogP contribution in [0.25, 0.3) is 0 Å². The lowest BCUT2D eigenvalue weighted by molar-refractivity contribution is -0.129. The number of likely N-dealkylation sites (tertiary alicyclic amines) is 1. The summed E-state index contributed by atoms with van der Waals surface area (Å²) in [5.41, 5.74) is 0.994. The minimum absolute atomic E-state index is 0.0224. The molecule has 1 heterocycles. The second kappa shape index (κ2) is 4.46. The third kappa shape index (κ3) is 2.72. The summed E-state index contributed by atoms with van der Waals surface area (Å²) in [7, 11) is 1.66. The van der Waals surface area contributed by atoms with E-state index in [0.29, 0.717) is 18.9 Å². The van der Waals surface area contributed by atoms with Crippen molar-refractivity contribution in [2.24, 2.45) is 5.92 Å². The highest BCUT2D eigenvalue weighted by molar-refractivity contribution is 8.17. The molecule has 0 aromatic rings.